The molecule has 0 spiro atoms. The first-order valence-electron chi connectivity index (χ1n) is 7.02. The van der Waals surface area contributed by atoms with Gasteiger partial charge in [0.1, 0.15) is 0 Å². The van der Waals surface area contributed by atoms with Crippen molar-refractivity contribution in [2.24, 2.45) is 23.7 Å². The van der Waals surface area contributed by atoms with Crippen LogP contribution < -0.4 is 0 Å². The molecule has 0 amide bonds. The summed E-state index contributed by atoms with van der Waals surface area (Å²) in [5.74, 6) is -0.324. The molecule has 2 bridgehead atoms. The number of carbonyl (C=O) groups excluding carboxylic acids is 2. The third kappa shape index (κ3) is 2.38. The molecule has 2 unspecified atom stereocenters. The lowest BCUT2D eigenvalue weighted by Crippen LogP contribution is -2.48. The van der Waals surface area contributed by atoms with Gasteiger partial charge in [-0.15, -0.1) is 0 Å². The number of esters is 2. The molecular formula is C14H22O4. The Morgan fingerprint density at radius 2 is 1.17 bits per heavy atom. The second-order valence-electron chi connectivity index (χ2n) is 5.23. The molecule has 3 saturated carbocycles. The molecule has 4 nitrogen and oxygen atoms in total. The smallest absolute Gasteiger partial charge is 0.310 e. The molecule has 2 atom stereocenters. The number of ether oxygens (including phenoxy) is 2. The van der Waals surface area contributed by atoms with Gasteiger partial charge >= 0.3 is 11.9 Å². The monoisotopic (exact) mass is 254 g/mol. The summed E-state index contributed by atoms with van der Waals surface area (Å²) in [4.78, 5) is 24.2. The predicted molar refractivity (Wildman–Crippen MR) is 65.7 cm³/mol. The van der Waals surface area contributed by atoms with Crippen LogP contribution >= 0.6 is 0 Å². The summed E-state index contributed by atoms with van der Waals surface area (Å²) in [5, 5.41) is 0. The summed E-state index contributed by atoms with van der Waals surface area (Å²) in [6.07, 6.45) is 4.18. The van der Waals surface area contributed by atoms with Gasteiger partial charge in [0, 0.05) is 0 Å². The van der Waals surface area contributed by atoms with E-state index in [9.17, 15) is 9.59 Å². The van der Waals surface area contributed by atoms with Crippen LogP contribution in [0.1, 0.15) is 39.5 Å². The number of fused-ring (bicyclic) bond motifs is 3. The standard InChI is InChI=1S/C14H22O4/c1-3-17-13(15)11-9-5-7-10(8-6-9)12(11)14(16)18-4-2/h9-12H,3-8H2,1-2H3. The van der Waals surface area contributed by atoms with Crippen LogP contribution in [0.4, 0.5) is 0 Å². The average molecular weight is 254 g/mol. The quantitative estimate of drug-likeness (QED) is 0.721. The fourth-order valence-electron chi connectivity index (χ4n) is 3.60. The maximum Gasteiger partial charge on any atom is 0.310 e. The number of carbonyl (C=O) groups is 2. The van der Waals surface area contributed by atoms with Crippen molar-refractivity contribution in [3.05, 3.63) is 0 Å². The molecule has 0 N–H and O–H groups in total. The van der Waals surface area contributed by atoms with Gasteiger partial charge in [-0.3, -0.25) is 9.59 Å². The second kappa shape index (κ2) is 5.72. The maximum atomic E-state index is 12.1. The Labute approximate surface area is 108 Å². The molecule has 0 heterocycles. The third-order valence-corrected chi connectivity index (χ3v) is 4.34. The molecule has 0 saturated heterocycles. The van der Waals surface area contributed by atoms with Gasteiger partial charge < -0.3 is 9.47 Å². The van der Waals surface area contributed by atoms with Gasteiger partial charge in [0.15, 0.2) is 0 Å². The van der Waals surface area contributed by atoms with Gasteiger partial charge in [0.05, 0.1) is 25.0 Å². The summed E-state index contributed by atoms with van der Waals surface area (Å²) in [7, 11) is 0. The zero-order chi connectivity index (χ0) is 13.1. The summed E-state index contributed by atoms with van der Waals surface area (Å²) in [5.41, 5.74) is 0. The van der Waals surface area contributed by atoms with Crippen molar-refractivity contribution < 1.29 is 19.1 Å². The van der Waals surface area contributed by atoms with E-state index >= 15 is 0 Å². The highest BCUT2D eigenvalue weighted by Gasteiger charge is 2.51. The van der Waals surface area contributed by atoms with Crippen molar-refractivity contribution in [2.45, 2.75) is 39.5 Å². The molecule has 4 heteroatoms. The van der Waals surface area contributed by atoms with Crippen LogP contribution in [0.2, 0.25) is 0 Å². The molecule has 0 aromatic heterocycles. The van der Waals surface area contributed by atoms with Crippen molar-refractivity contribution in [2.75, 3.05) is 13.2 Å². The van der Waals surface area contributed by atoms with E-state index in [2.05, 4.69) is 0 Å². The zero-order valence-corrected chi connectivity index (χ0v) is 11.2. The van der Waals surface area contributed by atoms with E-state index in [-0.39, 0.29) is 23.8 Å². The topological polar surface area (TPSA) is 52.6 Å². The molecule has 0 aromatic carbocycles. The highest BCUT2D eigenvalue weighted by atomic mass is 16.5. The Hall–Kier alpha value is -1.06. The largest absolute Gasteiger partial charge is 0.466 e. The molecule has 18 heavy (non-hydrogen) atoms. The fraction of sp³-hybridized carbons (Fsp3) is 0.857. The highest BCUT2D eigenvalue weighted by Crippen LogP contribution is 2.49. The summed E-state index contributed by atoms with van der Waals surface area (Å²) >= 11 is 0. The second-order valence-corrected chi connectivity index (χ2v) is 5.23. The molecular weight excluding hydrogens is 232 g/mol. The van der Waals surface area contributed by atoms with Crippen LogP contribution in [0.5, 0.6) is 0 Å². The van der Waals surface area contributed by atoms with E-state index < -0.39 is 0 Å². The van der Waals surface area contributed by atoms with Gasteiger partial charge in [0.25, 0.3) is 0 Å². The number of hydrogen-bond acceptors (Lipinski definition) is 4. The molecule has 3 aliphatic carbocycles. The van der Waals surface area contributed by atoms with Crippen molar-refractivity contribution in [1.82, 2.24) is 0 Å². The first kappa shape index (κ1) is 13.4. The van der Waals surface area contributed by atoms with Crippen LogP contribution in [-0.4, -0.2) is 25.2 Å². The van der Waals surface area contributed by atoms with E-state index in [1.54, 1.807) is 13.8 Å². The molecule has 0 aliphatic heterocycles. The maximum absolute atomic E-state index is 12.1. The van der Waals surface area contributed by atoms with Crippen molar-refractivity contribution in [3.63, 3.8) is 0 Å². The van der Waals surface area contributed by atoms with Crippen LogP contribution in [0.25, 0.3) is 0 Å². The van der Waals surface area contributed by atoms with Crippen molar-refractivity contribution in [3.8, 4) is 0 Å². The Balaban J connectivity index is 2.16. The molecule has 3 fully saturated rings. The van der Waals surface area contributed by atoms with Crippen molar-refractivity contribution in [1.29, 1.82) is 0 Å². The van der Waals surface area contributed by atoms with Gasteiger partial charge in [-0.25, -0.2) is 0 Å². The summed E-state index contributed by atoms with van der Waals surface area (Å²) in [6, 6.07) is 0. The zero-order valence-electron chi connectivity index (χ0n) is 11.2. The fourth-order valence-corrected chi connectivity index (χ4v) is 3.60. The predicted octanol–water partition coefficient (Wildman–Crippen LogP) is 2.17. The Bertz CT molecular complexity index is 286. The Morgan fingerprint density at radius 3 is 1.44 bits per heavy atom. The molecule has 102 valence electrons. The lowest BCUT2D eigenvalue weighted by Gasteiger charge is -2.45. The highest BCUT2D eigenvalue weighted by molar-refractivity contribution is 5.83. The van der Waals surface area contributed by atoms with Crippen LogP contribution in [0.3, 0.4) is 0 Å². The van der Waals surface area contributed by atoms with Gasteiger partial charge in [-0.1, -0.05) is 0 Å². The normalized spacial score (nSPS) is 34.1. The Morgan fingerprint density at radius 1 is 0.833 bits per heavy atom. The number of hydrogen-bond donors (Lipinski definition) is 0. The van der Waals surface area contributed by atoms with E-state index in [1.807, 2.05) is 0 Å². The van der Waals surface area contributed by atoms with Gasteiger partial charge in [-0.05, 0) is 51.4 Å². The SMILES string of the molecule is CCOC(=O)C1C2CCC(CC2)C1C(=O)OCC. The Kier molecular flexibility index (Phi) is 4.25. The van der Waals surface area contributed by atoms with E-state index in [0.29, 0.717) is 25.0 Å². The van der Waals surface area contributed by atoms with E-state index in [4.69, 9.17) is 9.47 Å². The van der Waals surface area contributed by atoms with Crippen LogP contribution in [-0.2, 0) is 19.1 Å². The minimum absolute atomic E-state index is 0.204. The van der Waals surface area contributed by atoms with Gasteiger partial charge in [0.2, 0.25) is 0 Å². The minimum Gasteiger partial charge on any atom is -0.466 e. The third-order valence-electron chi connectivity index (χ3n) is 4.34. The average Bonchev–Trinajstić information content (AvgIpc) is 2.39. The first-order chi connectivity index (χ1) is 8.69. The number of rotatable bonds is 4. The molecule has 0 aromatic rings. The molecule has 3 aliphatic rings. The first-order valence-corrected chi connectivity index (χ1v) is 7.02. The van der Waals surface area contributed by atoms with E-state index in [0.717, 1.165) is 25.7 Å². The minimum atomic E-state index is -0.267. The van der Waals surface area contributed by atoms with Crippen LogP contribution in [0.15, 0.2) is 0 Å². The lowest BCUT2D eigenvalue weighted by molar-refractivity contribution is -0.172. The summed E-state index contributed by atoms with van der Waals surface area (Å²) < 4.78 is 10.3. The van der Waals surface area contributed by atoms with Crippen LogP contribution in [0, 0.1) is 23.7 Å². The van der Waals surface area contributed by atoms with E-state index in [1.165, 1.54) is 0 Å². The molecule has 3 rings (SSSR count). The lowest BCUT2D eigenvalue weighted by atomic mass is 9.58. The molecule has 0 radical (unpaired) electrons. The van der Waals surface area contributed by atoms with Gasteiger partial charge in [-0.2, -0.15) is 0 Å². The summed E-state index contributed by atoms with van der Waals surface area (Å²) in [6.45, 7) is 4.36. The van der Waals surface area contributed by atoms with Crippen molar-refractivity contribution >= 4 is 11.9 Å².